The van der Waals surface area contributed by atoms with Crippen LogP contribution in [0.2, 0.25) is 0 Å². The Balaban J connectivity index is 2.29. The number of rotatable bonds is 6. The zero-order valence-electron chi connectivity index (χ0n) is 13.5. The Kier molecular flexibility index (Phi) is 4.98. The van der Waals surface area contributed by atoms with Crippen molar-refractivity contribution in [3.05, 3.63) is 66.5 Å². The van der Waals surface area contributed by atoms with E-state index in [9.17, 15) is 13.5 Å². The Morgan fingerprint density at radius 3 is 2.44 bits per heavy atom. The maximum Gasteiger partial charge on any atom is 0.240 e. The molecule has 0 aliphatic rings. The summed E-state index contributed by atoms with van der Waals surface area (Å²) < 4.78 is 26.0. The number of primary sulfonamides is 1. The van der Waals surface area contributed by atoms with Crippen molar-refractivity contribution < 1.29 is 13.5 Å². The van der Waals surface area contributed by atoms with Gasteiger partial charge in [-0.1, -0.05) is 30.3 Å². The molecule has 3 rings (SSSR count). The number of aryl methyl sites for hydroxylation is 1. The fourth-order valence-electron chi connectivity index (χ4n) is 2.80. The van der Waals surface area contributed by atoms with Gasteiger partial charge in [0.15, 0.2) is 0 Å². The van der Waals surface area contributed by atoms with Crippen LogP contribution in [0.15, 0.2) is 65.8 Å². The van der Waals surface area contributed by atoms with Crippen molar-refractivity contribution in [3.8, 4) is 16.8 Å². The third-order valence-electron chi connectivity index (χ3n) is 3.91. The Morgan fingerprint density at radius 1 is 1.08 bits per heavy atom. The molecule has 0 aliphatic heterocycles. The zero-order valence-corrected chi connectivity index (χ0v) is 14.4. The van der Waals surface area contributed by atoms with Gasteiger partial charge in [0.25, 0.3) is 0 Å². The summed E-state index contributed by atoms with van der Waals surface area (Å²) in [7, 11) is -3.96. The van der Waals surface area contributed by atoms with Crippen LogP contribution in [0.5, 0.6) is 0 Å². The topological polar surface area (TPSA) is 98.2 Å². The van der Waals surface area contributed by atoms with Crippen molar-refractivity contribution in [1.82, 2.24) is 9.78 Å². The summed E-state index contributed by atoms with van der Waals surface area (Å²) in [5.74, 6) is 0. The van der Waals surface area contributed by atoms with Crippen LogP contribution in [0, 0.1) is 0 Å². The van der Waals surface area contributed by atoms with Gasteiger partial charge in [-0.25, -0.2) is 18.2 Å². The SMILES string of the molecule is NS(=O)(=O)c1cc(-c2ccccc2)cc(CCCO)c1-n1cccn1. The molecule has 25 heavy (non-hydrogen) atoms. The number of nitrogens with two attached hydrogens (primary N) is 1. The second kappa shape index (κ2) is 7.18. The van der Waals surface area contributed by atoms with Crippen LogP contribution in [-0.2, 0) is 16.4 Å². The van der Waals surface area contributed by atoms with E-state index >= 15 is 0 Å². The van der Waals surface area contributed by atoms with E-state index in [1.54, 1.807) is 24.5 Å². The molecule has 0 fully saturated rings. The highest BCUT2D eigenvalue weighted by molar-refractivity contribution is 7.89. The molecule has 6 nitrogen and oxygen atoms in total. The number of hydrogen-bond acceptors (Lipinski definition) is 4. The fourth-order valence-corrected chi connectivity index (χ4v) is 3.59. The molecule has 130 valence electrons. The first-order chi connectivity index (χ1) is 12.0. The second-order valence-electron chi connectivity index (χ2n) is 5.67. The first kappa shape index (κ1) is 17.3. The molecule has 0 unspecified atom stereocenters. The van der Waals surface area contributed by atoms with E-state index in [2.05, 4.69) is 5.10 Å². The molecule has 2 aromatic carbocycles. The van der Waals surface area contributed by atoms with Gasteiger partial charge in [-0.3, -0.25) is 0 Å². The predicted octanol–water partition coefficient (Wildman–Crippen LogP) is 2.11. The molecule has 0 atom stereocenters. The minimum Gasteiger partial charge on any atom is -0.396 e. The molecule has 0 radical (unpaired) electrons. The first-order valence-corrected chi connectivity index (χ1v) is 9.41. The molecule has 0 amide bonds. The monoisotopic (exact) mass is 357 g/mol. The molecule has 0 bridgehead atoms. The lowest BCUT2D eigenvalue weighted by atomic mass is 9.99. The Morgan fingerprint density at radius 2 is 1.84 bits per heavy atom. The number of aliphatic hydroxyl groups excluding tert-OH is 1. The van der Waals surface area contributed by atoms with Gasteiger partial charge in [0.1, 0.15) is 4.90 Å². The van der Waals surface area contributed by atoms with E-state index < -0.39 is 10.0 Å². The molecule has 1 aromatic heterocycles. The predicted molar refractivity (Wildman–Crippen MR) is 95.8 cm³/mol. The molecule has 7 heteroatoms. The minimum atomic E-state index is -3.96. The third kappa shape index (κ3) is 3.79. The van der Waals surface area contributed by atoms with Gasteiger partial charge < -0.3 is 5.11 Å². The summed E-state index contributed by atoms with van der Waals surface area (Å²) >= 11 is 0. The molecule has 3 aromatic rings. The Bertz CT molecular complexity index is 953. The van der Waals surface area contributed by atoms with Crippen LogP contribution >= 0.6 is 0 Å². The number of sulfonamides is 1. The lowest BCUT2D eigenvalue weighted by molar-refractivity contribution is 0.288. The molecular formula is C18H19N3O3S. The molecule has 1 heterocycles. The van der Waals surface area contributed by atoms with E-state index in [-0.39, 0.29) is 11.5 Å². The van der Waals surface area contributed by atoms with Gasteiger partial charge in [0.2, 0.25) is 10.0 Å². The number of aromatic nitrogens is 2. The van der Waals surface area contributed by atoms with Crippen molar-refractivity contribution in [1.29, 1.82) is 0 Å². The average Bonchev–Trinajstić information content (AvgIpc) is 3.13. The summed E-state index contributed by atoms with van der Waals surface area (Å²) in [4.78, 5) is 0.0190. The van der Waals surface area contributed by atoms with Crippen LogP contribution in [-0.4, -0.2) is 29.9 Å². The van der Waals surface area contributed by atoms with Gasteiger partial charge >= 0.3 is 0 Å². The molecule has 0 saturated heterocycles. The van der Waals surface area contributed by atoms with E-state index in [0.717, 1.165) is 16.7 Å². The Hall–Kier alpha value is -2.48. The van der Waals surface area contributed by atoms with Gasteiger partial charge in [-0.15, -0.1) is 0 Å². The highest BCUT2D eigenvalue weighted by Gasteiger charge is 2.21. The normalized spacial score (nSPS) is 11.6. The van der Waals surface area contributed by atoms with Crippen molar-refractivity contribution in [3.63, 3.8) is 0 Å². The van der Waals surface area contributed by atoms with E-state index in [4.69, 9.17) is 5.14 Å². The number of hydrogen-bond donors (Lipinski definition) is 2. The molecule has 0 spiro atoms. The van der Waals surface area contributed by atoms with Gasteiger partial charge in [0, 0.05) is 19.0 Å². The third-order valence-corrected chi connectivity index (χ3v) is 4.83. The molecule has 0 saturated carbocycles. The number of aliphatic hydroxyl groups is 1. The van der Waals surface area contributed by atoms with Crippen LogP contribution in [0.1, 0.15) is 12.0 Å². The summed E-state index contributed by atoms with van der Waals surface area (Å²) in [6.45, 7) is 0.0127. The van der Waals surface area contributed by atoms with Crippen LogP contribution in [0.4, 0.5) is 0 Å². The smallest absolute Gasteiger partial charge is 0.240 e. The fraction of sp³-hybridized carbons (Fsp3) is 0.167. The van der Waals surface area contributed by atoms with E-state index in [1.165, 1.54) is 4.68 Å². The van der Waals surface area contributed by atoms with E-state index in [0.29, 0.717) is 18.5 Å². The summed E-state index contributed by atoms with van der Waals surface area (Å²) in [6.07, 6.45) is 4.27. The van der Waals surface area contributed by atoms with Crippen molar-refractivity contribution in [2.75, 3.05) is 6.61 Å². The van der Waals surface area contributed by atoms with E-state index in [1.807, 2.05) is 36.4 Å². The highest BCUT2D eigenvalue weighted by atomic mass is 32.2. The number of nitrogens with zero attached hydrogens (tertiary/aromatic N) is 2. The highest BCUT2D eigenvalue weighted by Crippen LogP contribution is 2.31. The summed E-state index contributed by atoms with van der Waals surface area (Å²) in [6, 6.07) is 14.7. The lowest BCUT2D eigenvalue weighted by Crippen LogP contribution is -2.17. The summed E-state index contributed by atoms with van der Waals surface area (Å²) in [5.41, 5.74) is 2.85. The van der Waals surface area contributed by atoms with Crippen LogP contribution < -0.4 is 5.14 Å². The zero-order chi connectivity index (χ0) is 17.9. The standard InChI is InChI=1S/C18H19N3O3S/c19-25(23,24)17-13-16(14-6-2-1-3-7-14)12-15(8-4-11-22)18(17)21-10-5-9-20-21/h1-3,5-7,9-10,12-13,22H,4,8,11H2,(H2,19,23,24). The second-order valence-corrected chi connectivity index (χ2v) is 7.20. The van der Waals surface area contributed by atoms with Gasteiger partial charge in [-0.05, 0) is 47.7 Å². The summed E-state index contributed by atoms with van der Waals surface area (Å²) in [5, 5.41) is 18.9. The average molecular weight is 357 g/mol. The van der Waals surface area contributed by atoms with Crippen LogP contribution in [0.25, 0.3) is 16.8 Å². The molecular weight excluding hydrogens is 338 g/mol. The van der Waals surface area contributed by atoms with Crippen molar-refractivity contribution in [2.45, 2.75) is 17.7 Å². The van der Waals surface area contributed by atoms with Gasteiger partial charge in [-0.2, -0.15) is 5.10 Å². The molecule has 3 N–H and O–H groups in total. The van der Waals surface area contributed by atoms with Gasteiger partial charge in [0.05, 0.1) is 5.69 Å². The lowest BCUT2D eigenvalue weighted by Gasteiger charge is -2.16. The maximum absolute atomic E-state index is 12.2. The Labute approximate surface area is 146 Å². The maximum atomic E-state index is 12.2. The molecule has 0 aliphatic carbocycles. The van der Waals surface area contributed by atoms with Crippen molar-refractivity contribution in [2.24, 2.45) is 5.14 Å². The minimum absolute atomic E-state index is 0.0127. The van der Waals surface area contributed by atoms with Crippen LogP contribution in [0.3, 0.4) is 0 Å². The first-order valence-electron chi connectivity index (χ1n) is 7.86. The number of benzene rings is 2. The quantitative estimate of drug-likeness (QED) is 0.706. The largest absolute Gasteiger partial charge is 0.396 e. The van der Waals surface area contributed by atoms with Crippen molar-refractivity contribution >= 4 is 10.0 Å².